The zero-order valence-corrected chi connectivity index (χ0v) is 14.6. The van der Waals surface area contributed by atoms with Crippen molar-refractivity contribution in [3.63, 3.8) is 0 Å². The van der Waals surface area contributed by atoms with Gasteiger partial charge in [0, 0.05) is 18.7 Å². The van der Waals surface area contributed by atoms with Crippen molar-refractivity contribution in [3.8, 4) is 11.4 Å². The van der Waals surface area contributed by atoms with E-state index in [0.717, 1.165) is 18.4 Å². The molecule has 1 saturated heterocycles. The highest BCUT2D eigenvalue weighted by atomic mass is 16.4. The van der Waals surface area contributed by atoms with Gasteiger partial charge in [-0.1, -0.05) is 36.8 Å². The summed E-state index contributed by atoms with van der Waals surface area (Å²) in [5.41, 5.74) is 0.0549. The van der Waals surface area contributed by atoms with E-state index in [0.29, 0.717) is 18.8 Å². The van der Waals surface area contributed by atoms with Crippen molar-refractivity contribution in [1.29, 1.82) is 0 Å². The molecular weight excluding hydrogens is 334 g/mol. The molecule has 2 aliphatic rings. The summed E-state index contributed by atoms with van der Waals surface area (Å²) in [7, 11) is 0. The molecular formula is C18H21N5O3. The Kier molecular flexibility index (Phi) is 3.97. The lowest BCUT2D eigenvalue weighted by atomic mass is 9.81. The molecule has 1 aromatic carbocycles. The molecule has 1 aliphatic carbocycles. The van der Waals surface area contributed by atoms with Gasteiger partial charge >= 0.3 is 5.97 Å². The molecule has 8 nitrogen and oxygen atoms in total. The summed E-state index contributed by atoms with van der Waals surface area (Å²) >= 11 is 0. The number of amides is 1. The Morgan fingerprint density at radius 2 is 2.08 bits per heavy atom. The van der Waals surface area contributed by atoms with Crippen LogP contribution in [0.15, 0.2) is 30.3 Å². The average molecular weight is 355 g/mol. The van der Waals surface area contributed by atoms with Crippen molar-refractivity contribution in [3.05, 3.63) is 30.3 Å². The first-order valence-corrected chi connectivity index (χ1v) is 8.88. The molecule has 136 valence electrons. The Morgan fingerprint density at radius 1 is 1.31 bits per heavy atom. The smallest absolute Gasteiger partial charge is 0.311 e. The molecule has 4 rings (SSSR count). The molecule has 1 unspecified atom stereocenters. The lowest BCUT2D eigenvalue weighted by molar-refractivity contribution is -0.149. The predicted octanol–water partition coefficient (Wildman–Crippen LogP) is 1.61. The summed E-state index contributed by atoms with van der Waals surface area (Å²) in [5.74, 6) is -0.435. The quantitative estimate of drug-likeness (QED) is 0.894. The van der Waals surface area contributed by atoms with Gasteiger partial charge in [-0.25, -0.2) is 0 Å². The van der Waals surface area contributed by atoms with Crippen molar-refractivity contribution in [2.45, 2.75) is 32.2 Å². The number of fused-ring (bicyclic) bond motifs is 1. The number of carboxylic acid groups (broad SMARTS) is 1. The van der Waals surface area contributed by atoms with Gasteiger partial charge in [0.05, 0.1) is 5.41 Å². The first-order chi connectivity index (χ1) is 12.5. The molecule has 0 radical (unpaired) electrons. The number of aromatic nitrogens is 4. The molecule has 2 aromatic rings. The molecule has 26 heavy (non-hydrogen) atoms. The van der Waals surface area contributed by atoms with Crippen molar-refractivity contribution >= 4 is 11.9 Å². The van der Waals surface area contributed by atoms with Gasteiger partial charge in [-0.3, -0.25) is 9.59 Å². The molecule has 3 atom stereocenters. The van der Waals surface area contributed by atoms with Gasteiger partial charge in [0.25, 0.3) is 0 Å². The van der Waals surface area contributed by atoms with Crippen LogP contribution in [0.5, 0.6) is 0 Å². The standard InChI is InChI=1S/C18H21N5O3/c1-12(23-20-15(19-21-23)13-6-3-2-4-7-13)16(24)22-10-14-8-5-9-18(14,11-22)17(25)26/h2-4,6-7,12,14H,5,8-11H2,1H3,(H,25,26)/t12?,14-,18+/m0/s1. The van der Waals surface area contributed by atoms with E-state index in [1.54, 1.807) is 11.8 Å². The number of likely N-dealkylation sites (tertiary alicyclic amines) is 1. The monoisotopic (exact) mass is 355 g/mol. The van der Waals surface area contributed by atoms with Crippen LogP contribution in [-0.2, 0) is 9.59 Å². The van der Waals surface area contributed by atoms with Crippen LogP contribution in [-0.4, -0.2) is 55.2 Å². The summed E-state index contributed by atoms with van der Waals surface area (Å²) in [6, 6.07) is 8.82. The highest BCUT2D eigenvalue weighted by molar-refractivity contribution is 5.83. The van der Waals surface area contributed by atoms with E-state index in [4.69, 9.17) is 0 Å². The molecule has 2 fully saturated rings. The molecule has 1 amide bonds. The number of benzene rings is 1. The molecule has 1 aliphatic heterocycles. The van der Waals surface area contributed by atoms with Crippen molar-refractivity contribution < 1.29 is 14.7 Å². The minimum atomic E-state index is -0.784. The second kappa shape index (κ2) is 6.19. The number of aliphatic carboxylic acids is 1. The van der Waals surface area contributed by atoms with Crippen LogP contribution >= 0.6 is 0 Å². The van der Waals surface area contributed by atoms with E-state index in [-0.39, 0.29) is 18.4 Å². The molecule has 2 heterocycles. The number of carboxylic acids is 1. The Balaban J connectivity index is 1.51. The van der Waals surface area contributed by atoms with Crippen LogP contribution in [0.1, 0.15) is 32.2 Å². The van der Waals surface area contributed by atoms with Crippen LogP contribution in [0.3, 0.4) is 0 Å². The Bertz CT molecular complexity index is 836. The number of rotatable bonds is 4. The third-order valence-electron chi connectivity index (χ3n) is 5.77. The lowest BCUT2D eigenvalue weighted by Gasteiger charge is -2.24. The first kappa shape index (κ1) is 16.7. The second-order valence-electron chi connectivity index (χ2n) is 7.24. The normalized spacial score (nSPS) is 25.9. The van der Waals surface area contributed by atoms with E-state index in [9.17, 15) is 14.7 Å². The minimum absolute atomic E-state index is 0.0414. The van der Waals surface area contributed by atoms with Crippen LogP contribution in [0.25, 0.3) is 11.4 Å². The second-order valence-corrected chi connectivity index (χ2v) is 7.24. The summed E-state index contributed by atoms with van der Waals surface area (Å²) < 4.78 is 0. The SMILES string of the molecule is CC(C(=O)N1C[C@@H]2CCC[C@@]2(C(=O)O)C1)n1nnc(-c2ccccc2)n1. The number of carbonyl (C=O) groups is 2. The van der Waals surface area contributed by atoms with Crippen LogP contribution in [0.2, 0.25) is 0 Å². The van der Waals surface area contributed by atoms with E-state index >= 15 is 0 Å². The molecule has 8 heteroatoms. The van der Waals surface area contributed by atoms with Crippen LogP contribution in [0.4, 0.5) is 0 Å². The van der Waals surface area contributed by atoms with Gasteiger partial charge in [0.15, 0.2) is 0 Å². The molecule has 1 N–H and O–H groups in total. The maximum atomic E-state index is 12.9. The van der Waals surface area contributed by atoms with Gasteiger partial charge in [0.2, 0.25) is 11.7 Å². The number of carbonyl (C=O) groups excluding carboxylic acids is 1. The van der Waals surface area contributed by atoms with Crippen LogP contribution < -0.4 is 0 Å². The fourth-order valence-corrected chi connectivity index (χ4v) is 4.26. The summed E-state index contributed by atoms with van der Waals surface area (Å²) in [6.07, 6.45) is 2.43. The highest BCUT2D eigenvalue weighted by Gasteiger charge is 2.56. The van der Waals surface area contributed by atoms with E-state index in [2.05, 4.69) is 15.4 Å². The number of tetrazole rings is 1. The zero-order chi connectivity index (χ0) is 18.3. The summed E-state index contributed by atoms with van der Waals surface area (Å²) in [4.78, 5) is 27.7. The van der Waals surface area contributed by atoms with Crippen LogP contribution in [0, 0.1) is 11.3 Å². The maximum absolute atomic E-state index is 12.9. The summed E-state index contributed by atoms with van der Waals surface area (Å²) in [5, 5.41) is 22.1. The Morgan fingerprint density at radius 3 is 2.77 bits per heavy atom. The topological polar surface area (TPSA) is 101 Å². The van der Waals surface area contributed by atoms with E-state index < -0.39 is 17.4 Å². The minimum Gasteiger partial charge on any atom is -0.481 e. The molecule has 1 aromatic heterocycles. The van der Waals surface area contributed by atoms with E-state index in [1.165, 1.54) is 4.80 Å². The van der Waals surface area contributed by atoms with Crippen molar-refractivity contribution in [2.24, 2.45) is 11.3 Å². The van der Waals surface area contributed by atoms with Gasteiger partial charge in [-0.2, -0.15) is 4.80 Å². The Hall–Kier alpha value is -2.77. The van der Waals surface area contributed by atoms with E-state index in [1.807, 2.05) is 30.3 Å². The highest BCUT2D eigenvalue weighted by Crippen LogP contribution is 2.49. The fraction of sp³-hybridized carbons (Fsp3) is 0.500. The first-order valence-electron chi connectivity index (χ1n) is 8.88. The lowest BCUT2D eigenvalue weighted by Crippen LogP contribution is -2.39. The van der Waals surface area contributed by atoms with Gasteiger partial charge in [-0.15, -0.1) is 10.2 Å². The van der Waals surface area contributed by atoms with Gasteiger partial charge in [-0.05, 0) is 30.9 Å². The average Bonchev–Trinajstić information content (AvgIpc) is 3.35. The number of nitrogens with zero attached hydrogens (tertiary/aromatic N) is 5. The largest absolute Gasteiger partial charge is 0.481 e. The predicted molar refractivity (Wildman–Crippen MR) is 92.0 cm³/mol. The zero-order valence-electron chi connectivity index (χ0n) is 14.6. The number of hydrogen-bond donors (Lipinski definition) is 1. The summed E-state index contributed by atoms with van der Waals surface area (Å²) in [6.45, 7) is 2.49. The third-order valence-corrected chi connectivity index (χ3v) is 5.77. The van der Waals surface area contributed by atoms with Crippen molar-refractivity contribution in [2.75, 3.05) is 13.1 Å². The number of hydrogen-bond acceptors (Lipinski definition) is 5. The Labute approximate surface area is 150 Å². The molecule has 0 spiro atoms. The third kappa shape index (κ3) is 2.56. The molecule has 0 bridgehead atoms. The van der Waals surface area contributed by atoms with Crippen molar-refractivity contribution in [1.82, 2.24) is 25.1 Å². The van der Waals surface area contributed by atoms with Gasteiger partial charge in [0.1, 0.15) is 6.04 Å². The van der Waals surface area contributed by atoms with Gasteiger partial charge < -0.3 is 10.0 Å². The maximum Gasteiger partial charge on any atom is 0.311 e. The fourth-order valence-electron chi connectivity index (χ4n) is 4.26. The molecule has 1 saturated carbocycles.